The third-order valence-corrected chi connectivity index (χ3v) is 1.71. The summed E-state index contributed by atoms with van der Waals surface area (Å²) in [5, 5.41) is 6.98. The number of hydrogen-bond acceptors (Lipinski definition) is 4. The number of aromatic nitrogens is 1. The minimum atomic E-state index is 0.710. The van der Waals surface area contributed by atoms with Gasteiger partial charge in [-0.3, -0.25) is 0 Å². The van der Waals surface area contributed by atoms with E-state index < -0.39 is 0 Å². The van der Waals surface area contributed by atoms with Crippen molar-refractivity contribution >= 4 is 0 Å². The van der Waals surface area contributed by atoms with Crippen molar-refractivity contribution in [3.05, 3.63) is 42.2 Å². The molecule has 0 aliphatic carbocycles. The average Bonchev–Trinajstić information content (AvgIpc) is 2.75. The van der Waals surface area contributed by atoms with Crippen LogP contribution in [0.3, 0.4) is 0 Å². The number of furan rings is 1. The molecular formula is C9H10N2O2. The fraction of sp³-hybridized carbons (Fsp3) is 0.222. The summed E-state index contributed by atoms with van der Waals surface area (Å²) in [6.45, 7) is 1.49. The van der Waals surface area contributed by atoms with Crippen LogP contribution in [0.2, 0.25) is 0 Å². The largest absolute Gasteiger partial charge is 0.472 e. The molecule has 68 valence electrons. The molecule has 0 saturated carbocycles. The zero-order valence-electron chi connectivity index (χ0n) is 7.06. The highest BCUT2D eigenvalue weighted by atomic mass is 16.5. The minimum absolute atomic E-state index is 0.710. The number of hydrogen-bond donors (Lipinski definition) is 1. The highest BCUT2D eigenvalue weighted by molar-refractivity contribution is 5.05. The van der Waals surface area contributed by atoms with Gasteiger partial charge in [0, 0.05) is 24.7 Å². The van der Waals surface area contributed by atoms with E-state index in [-0.39, 0.29) is 0 Å². The summed E-state index contributed by atoms with van der Waals surface area (Å²) in [4.78, 5) is 0. The smallest absolute Gasteiger partial charge is 0.124 e. The van der Waals surface area contributed by atoms with E-state index in [0.717, 1.165) is 17.8 Å². The van der Waals surface area contributed by atoms with Crippen LogP contribution in [-0.2, 0) is 13.1 Å². The molecule has 0 atom stereocenters. The SMILES string of the molecule is c1cc(CNCc2ccon2)co1. The normalized spacial score (nSPS) is 10.5. The zero-order valence-corrected chi connectivity index (χ0v) is 7.06. The summed E-state index contributed by atoms with van der Waals surface area (Å²) in [6.07, 6.45) is 4.94. The van der Waals surface area contributed by atoms with Crippen LogP contribution in [0.25, 0.3) is 0 Å². The summed E-state index contributed by atoms with van der Waals surface area (Å²) in [5.74, 6) is 0. The molecule has 13 heavy (non-hydrogen) atoms. The molecule has 0 spiro atoms. The number of nitrogens with zero attached hydrogens (tertiary/aromatic N) is 1. The third-order valence-electron chi connectivity index (χ3n) is 1.71. The highest BCUT2D eigenvalue weighted by Gasteiger charge is 1.96. The summed E-state index contributed by atoms with van der Waals surface area (Å²) >= 11 is 0. The topological polar surface area (TPSA) is 51.2 Å². The maximum atomic E-state index is 4.93. The van der Waals surface area contributed by atoms with Crippen molar-refractivity contribution in [3.63, 3.8) is 0 Å². The average molecular weight is 178 g/mol. The van der Waals surface area contributed by atoms with Crippen LogP contribution in [0.1, 0.15) is 11.3 Å². The summed E-state index contributed by atoms with van der Waals surface area (Å²) < 4.78 is 9.62. The Morgan fingerprint density at radius 3 is 2.92 bits per heavy atom. The van der Waals surface area contributed by atoms with Crippen molar-refractivity contribution in [3.8, 4) is 0 Å². The standard InChI is InChI=1S/C9H10N2O2/c1-3-12-7-8(1)5-10-6-9-2-4-13-11-9/h1-4,7,10H,5-6H2. The second-order valence-corrected chi connectivity index (χ2v) is 2.73. The molecule has 2 aromatic rings. The molecule has 0 radical (unpaired) electrons. The second kappa shape index (κ2) is 3.91. The van der Waals surface area contributed by atoms with E-state index in [2.05, 4.69) is 10.5 Å². The van der Waals surface area contributed by atoms with E-state index in [0.29, 0.717) is 6.54 Å². The van der Waals surface area contributed by atoms with Crippen LogP contribution >= 0.6 is 0 Å². The van der Waals surface area contributed by atoms with E-state index in [1.54, 1.807) is 18.8 Å². The first kappa shape index (κ1) is 8.07. The second-order valence-electron chi connectivity index (χ2n) is 2.73. The van der Waals surface area contributed by atoms with Crippen molar-refractivity contribution in [2.24, 2.45) is 0 Å². The summed E-state index contributed by atoms with van der Waals surface area (Å²) in [6, 6.07) is 3.76. The molecule has 2 rings (SSSR count). The van der Waals surface area contributed by atoms with Gasteiger partial charge >= 0.3 is 0 Å². The molecular weight excluding hydrogens is 168 g/mol. The Morgan fingerprint density at radius 1 is 1.23 bits per heavy atom. The van der Waals surface area contributed by atoms with E-state index in [1.807, 2.05) is 12.1 Å². The van der Waals surface area contributed by atoms with E-state index in [4.69, 9.17) is 8.94 Å². The predicted octanol–water partition coefficient (Wildman–Crippen LogP) is 1.56. The van der Waals surface area contributed by atoms with Gasteiger partial charge in [-0.1, -0.05) is 5.16 Å². The van der Waals surface area contributed by atoms with Crippen LogP contribution in [0, 0.1) is 0 Å². The molecule has 0 aromatic carbocycles. The molecule has 0 aliphatic heterocycles. The molecule has 4 heteroatoms. The van der Waals surface area contributed by atoms with Gasteiger partial charge in [-0.15, -0.1) is 0 Å². The molecule has 4 nitrogen and oxygen atoms in total. The van der Waals surface area contributed by atoms with Gasteiger partial charge in [-0.2, -0.15) is 0 Å². The van der Waals surface area contributed by atoms with Gasteiger partial charge in [0.15, 0.2) is 0 Å². The van der Waals surface area contributed by atoms with Crippen LogP contribution in [0.4, 0.5) is 0 Å². The molecule has 0 unspecified atom stereocenters. The van der Waals surface area contributed by atoms with Gasteiger partial charge < -0.3 is 14.3 Å². The Hall–Kier alpha value is -1.55. The van der Waals surface area contributed by atoms with Crippen LogP contribution in [0.5, 0.6) is 0 Å². The predicted molar refractivity (Wildman–Crippen MR) is 45.8 cm³/mol. The van der Waals surface area contributed by atoms with E-state index in [1.165, 1.54) is 0 Å². The lowest BCUT2D eigenvalue weighted by molar-refractivity contribution is 0.408. The van der Waals surface area contributed by atoms with Crippen molar-refractivity contribution < 1.29 is 8.94 Å². The van der Waals surface area contributed by atoms with Crippen molar-refractivity contribution in [2.75, 3.05) is 0 Å². The maximum absolute atomic E-state index is 4.93. The highest BCUT2D eigenvalue weighted by Crippen LogP contribution is 1.99. The number of rotatable bonds is 4. The summed E-state index contributed by atoms with van der Waals surface area (Å²) in [7, 11) is 0. The van der Waals surface area contributed by atoms with Gasteiger partial charge in [0.05, 0.1) is 18.2 Å². The maximum Gasteiger partial charge on any atom is 0.124 e. The number of nitrogens with one attached hydrogen (secondary N) is 1. The molecule has 1 N–H and O–H groups in total. The van der Waals surface area contributed by atoms with Crippen molar-refractivity contribution in [1.29, 1.82) is 0 Å². The first-order chi connectivity index (χ1) is 6.45. The molecule has 0 fully saturated rings. The quantitative estimate of drug-likeness (QED) is 0.771. The monoisotopic (exact) mass is 178 g/mol. The lowest BCUT2D eigenvalue weighted by Crippen LogP contribution is -2.12. The Bertz CT molecular complexity index is 292. The van der Waals surface area contributed by atoms with E-state index in [9.17, 15) is 0 Å². The fourth-order valence-electron chi connectivity index (χ4n) is 1.06. The lowest BCUT2D eigenvalue weighted by Gasteiger charge is -1.97. The van der Waals surface area contributed by atoms with Crippen molar-refractivity contribution in [1.82, 2.24) is 10.5 Å². The van der Waals surface area contributed by atoms with Crippen LogP contribution < -0.4 is 5.32 Å². The molecule has 0 amide bonds. The molecule has 0 saturated heterocycles. The van der Waals surface area contributed by atoms with Gasteiger partial charge in [-0.25, -0.2) is 0 Å². The molecule has 2 heterocycles. The lowest BCUT2D eigenvalue weighted by atomic mass is 10.3. The first-order valence-electron chi connectivity index (χ1n) is 4.06. The van der Waals surface area contributed by atoms with Gasteiger partial charge in [0.2, 0.25) is 0 Å². The first-order valence-corrected chi connectivity index (χ1v) is 4.06. The Balaban J connectivity index is 1.76. The van der Waals surface area contributed by atoms with E-state index >= 15 is 0 Å². The van der Waals surface area contributed by atoms with Crippen LogP contribution in [0.15, 0.2) is 39.9 Å². The molecule has 0 aliphatic rings. The summed E-state index contributed by atoms with van der Waals surface area (Å²) in [5.41, 5.74) is 2.03. The van der Waals surface area contributed by atoms with Gasteiger partial charge in [0.1, 0.15) is 6.26 Å². The fourth-order valence-corrected chi connectivity index (χ4v) is 1.06. The van der Waals surface area contributed by atoms with Crippen LogP contribution in [-0.4, -0.2) is 5.16 Å². The molecule has 2 aromatic heterocycles. The van der Waals surface area contributed by atoms with Crippen molar-refractivity contribution in [2.45, 2.75) is 13.1 Å². The minimum Gasteiger partial charge on any atom is -0.472 e. The van der Waals surface area contributed by atoms with Gasteiger partial charge in [-0.05, 0) is 6.07 Å². The molecule has 0 bridgehead atoms. The third kappa shape index (κ3) is 2.19. The Kier molecular flexibility index (Phi) is 2.43. The Morgan fingerprint density at radius 2 is 2.23 bits per heavy atom. The Labute approximate surface area is 75.5 Å². The van der Waals surface area contributed by atoms with Gasteiger partial charge in [0.25, 0.3) is 0 Å². The zero-order chi connectivity index (χ0) is 8.93.